The number of carbonyl (C=O) groups excluding carboxylic acids is 8. The molecule has 1 aliphatic heterocycles. The standard InChI is InChI=1S/C41H59NO17/c1-26(2)38(47)51-21-13-9-17-31(43)56-30-25-55-37(42-59-34(46)20-12-16-24-54-41(50)29(7)8)36(58-33(45)19-11-15-23-53-40(49)28(5)6)35(30)57-32(44)18-10-14-22-52-39(48)27(3)4/h30,35-37,42H,1,3,5,7,9-25H2,2,4,6,8H3/t30-,35+,36-,37?/m1/s1. The average molecular weight is 838 g/mol. The van der Waals surface area contributed by atoms with Crippen LogP contribution in [0.5, 0.6) is 0 Å². The molecule has 0 radical (unpaired) electrons. The van der Waals surface area contributed by atoms with E-state index in [1.165, 1.54) is 27.7 Å². The lowest BCUT2D eigenvalue weighted by molar-refractivity contribution is -0.248. The Balaban J connectivity index is 3.13. The Morgan fingerprint density at radius 1 is 0.475 bits per heavy atom. The summed E-state index contributed by atoms with van der Waals surface area (Å²) in [6.45, 7) is 19.8. The van der Waals surface area contributed by atoms with Crippen LogP contribution in [0.25, 0.3) is 0 Å². The Labute approximate surface area is 344 Å². The van der Waals surface area contributed by atoms with E-state index in [9.17, 15) is 38.4 Å². The summed E-state index contributed by atoms with van der Waals surface area (Å²) in [7, 11) is 0. The zero-order valence-corrected chi connectivity index (χ0v) is 34.6. The van der Waals surface area contributed by atoms with Crippen LogP contribution in [0.3, 0.4) is 0 Å². The highest BCUT2D eigenvalue weighted by Gasteiger charge is 2.48. The van der Waals surface area contributed by atoms with Crippen LogP contribution in [-0.2, 0) is 81.1 Å². The molecule has 0 aromatic carbocycles. The van der Waals surface area contributed by atoms with E-state index in [1.807, 2.05) is 0 Å². The van der Waals surface area contributed by atoms with Crippen molar-refractivity contribution in [3.05, 3.63) is 48.6 Å². The molecule has 0 aromatic rings. The molecule has 0 aliphatic carbocycles. The van der Waals surface area contributed by atoms with E-state index in [0.29, 0.717) is 25.7 Å². The van der Waals surface area contributed by atoms with Gasteiger partial charge in [0.25, 0.3) is 0 Å². The molecule has 1 unspecified atom stereocenters. The van der Waals surface area contributed by atoms with Crippen molar-refractivity contribution in [1.29, 1.82) is 0 Å². The number of ether oxygens (including phenoxy) is 8. The molecular formula is C41H59NO17. The predicted octanol–water partition coefficient (Wildman–Crippen LogP) is 4.28. The first-order valence-electron chi connectivity index (χ1n) is 19.4. The summed E-state index contributed by atoms with van der Waals surface area (Å²) < 4.78 is 43.2. The fraction of sp³-hybridized carbons (Fsp3) is 0.610. The SMILES string of the molecule is C=C(C)C(=O)OCCCCC(=O)ONC1OC[C@@H](OC(=O)CCCCOC(=O)C(=C)C)[C@H](OC(=O)CCCCOC(=O)C(=C)C)[C@H]1OC(=O)CCCCOC(=O)C(=C)C. The molecule has 330 valence electrons. The Hall–Kier alpha value is -5.36. The topological polar surface area (TPSA) is 232 Å². The van der Waals surface area contributed by atoms with Gasteiger partial charge in [0.2, 0.25) is 0 Å². The fourth-order valence-corrected chi connectivity index (χ4v) is 4.71. The van der Waals surface area contributed by atoms with Crippen molar-refractivity contribution < 1.29 is 81.1 Å². The van der Waals surface area contributed by atoms with E-state index >= 15 is 0 Å². The normalized spacial score (nSPS) is 16.9. The average Bonchev–Trinajstić information content (AvgIpc) is 3.17. The van der Waals surface area contributed by atoms with Gasteiger partial charge < -0.3 is 42.7 Å². The van der Waals surface area contributed by atoms with Crippen molar-refractivity contribution in [3.8, 4) is 0 Å². The minimum absolute atomic E-state index is 0.0168. The molecule has 1 heterocycles. The van der Waals surface area contributed by atoms with Gasteiger partial charge in [-0.05, 0) is 79.1 Å². The largest absolute Gasteiger partial charge is 0.462 e. The molecule has 0 aromatic heterocycles. The van der Waals surface area contributed by atoms with Crippen molar-refractivity contribution >= 4 is 47.8 Å². The molecule has 18 heteroatoms. The molecule has 0 spiro atoms. The van der Waals surface area contributed by atoms with Crippen LogP contribution in [0.2, 0.25) is 0 Å². The lowest BCUT2D eigenvalue weighted by atomic mass is 10.0. The summed E-state index contributed by atoms with van der Waals surface area (Å²) in [5.41, 5.74) is 3.33. The van der Waals surface area contributed by atoms with Gasteiger partial charge in [-0.1, -0.05) is 26.3 Å². The van der Waals surface area contributed by atoms with Gasteiger partial charge in [0.15, 0.2) is 24.5 Å². The Morgan fingerprint density at radius 3 is 1.15 bits per heavy atom. The van der Waals surface area contributed by atoms with Gasteiger partial charge in [0.1, 0.15) is 0 Å². The smallest absolute Gasteiger partial charge is 0.333 e. The number of unbranched alkanes of at least 4 members (excludes halogenated alkanes) is 4. The van der Waals surface area contributed by atoms with Crippen LogP contribution < -0.4 is 5.48 Å². The van der Waals surface area contributed by atoms with Crippen molar-refractivity contribution in [1.82, 2.24) is 5.48 Å². The molecule has 59 heavy (non-hydrogen) atoms. The number of esters is 7. The number of nitrogens with one attached hydrogen (secondary N) is 1. The summed E-state index contributed by atoms with van der Waals surface area (Å²) in [5.74, 6) is -5.29. The summed E-state index contributed by atoms with van der Waals surface area (Å²) >= 11 is 0. The fourth-order valence-electron chi connectivity index (χ4n) is 4.71. The molecule has 4 atom stereocenters. The maximum absolute atomic E-state index is 13.2. The van der Waals surface area contributed by atoms with Gasteiger partial charge in [-0.2, -0.15) is 0 Å². The number of hydrogen-bond donors (Lipinski definition) is 1. The van der Waals surface area contributed by atoms with E-state index in [2.05, 4.69) is 31.8 Å². The summed E-state index contributed by atoms with van der Waals surface area (Å²) in [6, 6.07) is 0. The molecular weight excluding hydrogens is 778 g/mol. The molecule has 1 rings (SSSR count). The summed E-state index contributed by atoms with van der Waals surface area (Å²) in [5, 5.41) is 0. The molecule has 18 nitrogen and oxygen atoms in total. The second kappa shape index (κ2) is 28.9. The Bertz CT molecular complexity index is 1520. The minimum Gasteiger partial charge on any atom is -0.462 e. The number of hydroxylamine groups is 1. The van der Waals surface area contributed by atoms with Gasteiger partial charge in [-0.15, -0.1) is 5.48 Å². The van der Waals surface area contributed by atoms with Crippen LogP contribution in [0.1, 0.15) is 105 Å². The molecule has 0 saturated carbocycles. The lowest BCUT2D eigenvalue weighted by Gasteiger charge is -2.40. The Kier molecular flexibility index (Phi) is 25.3. The lowest BCUT2D eigenvalue weighted by Crippen LogP contribution is -2.61. The van der Waals surface area contributed by atoms with E-state index in [1.54, 1.807) is 0 Å². The quantitative estimate of drug-likeness (QED) is 0.0364. The Morgan fingerprint density at radius 2 is 0.797 bits per heavy atom. The van der Waals surface area contributed by atoms with Crippen LogP contribution >= 0.6 is 0 Å². The maximum atomic E-state index is 13.2. The second-order valence-electron chi connectivity index (χ2n) is 13.8. The third-order valence-electron chi connectivity index (χ3n) is 7.96. The van der Waals surface area contributed by atoms with E-state index in [4.69, 9.17) is 42.7 Å². The number of hydrogen-bond acceptors (Lipinski definition) is 18. The first-order valence-corrected chi connectivity index (χ1v) is 19.4. The van der Waals surface area contributed by atoms with Crippen molar-refractivity contribution in [2.75, 3.05) is 33.0 Å². The second-order valence-corrected chi connectivity index (χ2v) is 13.8. The molecule has 1 N–H and O–H groups in total. The van der Waals surface area contributed by atoms with E-state index in [-0.39, 0.29) is 107 Å². The van der Waals surface area contributed by atoms with Crippen molar-refractivity contribution in [2.45, 2.75) is 129 Å². The summed E-state index contributed by atoms with van der Waals surface area (Å²) in [4.78, 5) is 104. The van der Waals surface area contributed by atoms with Gasteiger partial charge in [-0.3, -0.25) is 19.2 Å². The molecule has 1 fully saturated rings. The highest BCUT2D eigenvalue weighted by Crippen LogP contribution is 2.25. The predicted molar refractivity (Wildman–Crippen MR) is 207 cm³/mol. The zero-order valence-electron chi connectivity index (χ0n) is 34.6. The van der Waals surface area contributed by atoms with Gasteiger partial charge in [0, 0.05) is 48.0 Å². The number of rotatable bonds is 29. The van der Waals surface area contributed by atoms with Crippen molar-refractivity contribution in [3.63, 3.8) is 0 Å². The summed E-state index contributed by atoms with van der Waals surface area (Å²) in [6.07, 6.45) is -3.93. The first-order chi connectivity index (χ1) is 27.9. The molecule has 1 saturated heterocycles. The van der Waals surface area contributed by atoms with Crippen LogP contribution in [-0.4, -0.2) is 105 Å². The van der Waals surface area contributed by atoms with Crippen LogP contribution in [0, 0.1) is 0 Å². The van der Waals surface area contributed by atoms with E-state index in [0.717, 1.165) is 0 Å². The zero-order chi connectivity index (χ0) is 44.3. The highest BCUT2D eigenvalue weighted by atomic mass is 16.7. The molecule has 0 bridgehead atoms. The van der Waals surface area contributed by atoms with Crippen molar-refractivity contribution in [2.24, 2.45) is 0 Å². The van der Waals surface area contributed by atoms with Crippen LogP contribution in [0.4, 0.5) is 0 Å². The third-order valence-corrected chi connectivity index (χ3v) is 7.96. The highest BCUT2D eigenvalue weighted by molar-refractivity contribution is 5.88. The number of carbonyl (C=O) groups is 8. The maximum Gasteiger partial charge on any atom is 0.333 e. The van der Waals surface area contributed by atoms with Gasteiger partial charge >= 0.3 is 47.8 Å². The third kappa shape index (κ3) is 23.0. The molecule has 1 aliphatic rings. The first kappa shape index (κ1) is 51.7. The molecule has 0 amide bonds. The van der Waals surface area contributed by atoms with Crippen LogP contribution in [0.15, 0.2) is 48.6 Å². The van der Waals surface area contributed by atoms with E-state index < -0.39 is 72.3 Å². The monoisotopic (exact) mass is 837 g/mol. The minimum atomic E-state index is -1.52. The van der Waals surface area contributed by atoms with Gasteiger partial charge in [0.05, 0.1) is 33.0 Å². The van der Waals surface area contributed by atoms with Gasteiger partial charge in [-0.25, -0.2) is 19.2 Å².